The molecule has 2 heterocycles. The quantitative estimate of drug-likeness (QED) is 0.851. The molecule has 2 fully saturated rings. The smallest absolute Gasteiger partial charge is 0.257 e. The number of rotatable bonds is 4. The molecule has 5 nitrogen and oxygen atoms in total. The first-order valence-electron chi connectivity index (χ1n) is 9.18. The van der Waals surface area contributed by atoms with Gasteiger partial charge in [-0.15, -0.1) is 0 Å². The summed E-state index contributed by atoms with van der Waals surface area (Å²) in [6.45, 7) is 6.18. The molecule has 1 aliphatic heterocycles. The van der Waals surface area contributed by atoms with Crippen molar-refractivity contribution in [1.29, 1.82) is 0 Å². The highest BCUT2D eigenvalue weighted by Crippen LogP contribution is 2.28. The van der Waals surface area contributed by atoms with E-state index in [9.17, 15) is 9.59 Å². The van der Waals surface area contributed by atoms with Gasteiger partial charge in [-0.2, -0.15) is 0 Å². The zero-order chi connectivity index (χ0) is 17.1. The third kappa shape index (κ3) is 3.82. The molecule has 2 amide bonds. The lowest BCUT2D eigenvalue weighted by molar-refractivity contribution is -0.133. The molecule has 24 heavy (non-hydrogen) atoms. The van der Waals surface area contributed by atoms with Crippen molar-refractivity contribution in [3.8, 4) is 0 Å². The fourth-order valence-electron chi connectivity index (χ4n) is 3.96. The first kappa shape index (κ1) is 17.1. The number of furan rings is 1. The summed E-state index contributed by atoms with van der Waals surface area (Å²) in [5, 5.41) is 0. The number of amides is 2. The Morgan fingerprint density at radius 3 is 2.29 bits per heavy atom. The first-order valence-corrected chi connectivity index (χ1v) is 9.18. The minimum absolute atomic E-state index is 0.0161. The number of hydrogen-bond acceptors (Lipinski definition) is 3. The van der Waals surface area contributed by atoms with Gasteiger partial charge in [0.1, 0.15) is 11.5 Å². The molecule has 0 spiro atoms. The summed E-state index contributed by atoms with van der Waals surface area (Å²) in [5.74, 6) is 2.46. The second-order valence-corrected chi connectivity index (χ2v) is 7.19. The molecule has 0 N–H and O–H groups in total. The van der Waals surface area contributed by atoms with Gasteiger partial charge in [0, 0.05) is 32.6 Å². The number of piperazine rings is 1. The second-order valence-electron chi connectivity index (χ2n) is 7.19. The van der Waals surface area contributed by atoms with E-state index in [1.54, 1.807) is 6.07 Å². The predicted molar refractivity (Wildman–Crippen MR) is 91.9 cm³/mol. The highest BCUT2D eigenvalue weighted by Gasteiger charge is 2.27. The van der Waals surface area contributed by atoms with E-state index < -0.39 is 0 Å². The molecular formula is C19H28N2O3. The number of hydrogen-bond donors (Lipinski definition) is 0. The summed E-state index contributed by atoms with van der Waals surface area (Å²) in [7, 11) is 0. The summed E-state index contributed by atoms with van der Waals surface area (Å²) >= 11 is 0. The molecule has 3 rings (SSSR count). The Morgan fingerprint density at radius 2 is 1.71 bits per heavy atom. The topological polar surface area (TPSA) is 53.8 Å². The third-order valence-electron chi connectivity index (χ3n) is 5.43. The molecule has 0 aromatic carbocycles. The van der Waals surface area contributed by atoms with Crippen LogP contribution in [0.2, 0.25) is 0 Å². The van der Waals surface area contributed by atoms with Gasteiger partial charge >= 0.3 is 0 Å². The zero-order valence-electron chi connectivity index (χ0n) is 14.8. The fourth-order valence-corrected chi connectivity index (χ4v) is 3.96. The van der Waals surface area contributed by atoms with Crippen LogP contribution in [0, 0.1) is 19.8 Å². The Morgan fingerprint density at radius 1 is 1.08 bits per heavy atom. The lowest BCUT2D eigenvalue weighted by Crippen LogP contribution is -2.50. The van der Waals surface area contributed by atoms with Gasteiger partial charge in [-0.05, 0) is 32.3 Å². The average Bonchev–Trinajstić information content (AvgIpc) is 3.21. The molecule has 0 atom stereocenters. The Kier molecular flexibility index (Phi) is 5.27. The normalized spacial score (nSPS) is 19.1. The average molecular weight is 332 g/mol. The Hall–Kier alpha value is -1.78. The number of carbonyl (C=O) groups excluding carboxylic acids is 2. The van der Waals surface area contributed by atoms with Gasteiger partial charge in [0.2, 0.25) is 5.91 Å². The summed E-state index contributed by atoms with van der Waals surface area (Å²) in [4.78, 5) is 28.7. The van der Waals surface area contributed by atoms with Crippen LogP contribution in [0.1, 0.15) is 60.4 Å². The predicted octanol–water partition coefficient (Wildman–Crippen LogP) is 3.15. The number of carbonyl (C=O) groups is 2. The van der Waals surface area contributed by atoms with Gasteiger partial charge in [-0.1, -0.05) is 25.7 Å². The lowest BCUT2D eigenvalue weighted by Gasteiger charge is -2.35. The van der Waals surface area contributed by atoms with Crippen molar-refractivity contribution in [3.05, 3.63) is 23.2 Å². The van der Waals surface area contributed by atoms with Crippen molar-refractivity contribution in [2.75, 3.05) is 26.2 Å². The molecule has 1 aliphatic carbocycles. The van der Waals surface area contributed by atoms with Gasteiger partial charge in [-0.25, -0.2) is 0 Å². The molecule has 1 aromatic heterocycles. The van der Waals surface area contributed by atoms with E-state index in [1.807, 2.05) is 23.6 Å². The van der Waals surface area contributed by atoms with Gasteiger partial charge in [-0.3, -0.25) is 9.59 Å². The zero-order valence-corrected chi connectivity index (χ0v) is 14.8. The van der Waals surface area contributed by atoms with E-state index in [-0.39, 0.29) is 11.8 Å². The summed E-state index contributed by atoms with van der Waals surface area (Å²) in [6, 6.07) is 1.80. The minimum Gasteiger partial charge on any atom is -0.466 e. The molecule has 1 saturated carbocycles. The lowest BCUT2D eigenvalue weighted by atomic mass is 10.0. The van der Waals surface area contributed by atoms with Gasteiger partial charge in [0.05, 0.1) is 5.56 Å². The molecule has 5 heteroatoms. The van der Waals surface area contributed by atoms with Crippen molar-refractivity contribution in [1.82, 2.24) is 9.80 Å². The van der Waals surface area contributed by atoms with Gasteiger partial charge in [0.25, 0.3) is 5.91 Å². The third-order valence-corrected chi connectivity index (χ3v) is 5.43. The van der Waals surface area contributed by atoms with E-state index in [2.05, 4.69) is 0 Å². The Bertz CT molecular complexity index is 594. The molecule has 1 aromatic rings. The summed E-state index contributed by atoms with van der Waals surface area (Å²) in [5.41, 5.74) is 0.647. The van der Waals surface area contributed by atoms with Crippen LogP contribution >= 0.6 is 0 Å². The van der Waals surface area contributed by atoms with Crippen LogP contribution < -0.4 is 0 Å². The van der Waals surface area contributed by atoms with E-state index in [1.165, 1.54) is 25.7 Å². The maximum absolute atomic E-state index is 12.6. The van der Waals surface area contributed by atoms with Crippen LogP contribution in [0.3, 0.4) is 0 Å². The molecule has 132 valence electrons. The molecule has 1 saturated heterocycles. The summed E-state index contributed by atoms with van der Waals surface area (Å²) in [6.07, 6.45) is 6.93. The standard InChI is InChI=1S/C19H28N2O3/c1-14-13-17(15(2)24-14)19(23)21-11-9-20(10-12-21)18(22)8-7-16-5-3-4-6-16/h13,16H,3-12H2,1-2H3. The minimum atomic E-state index is 0.0161. The highest BCUT2D eigenvalue weighted by molar-refractivity contribution is 5.95. The van der Waals surface area contributed by atoms with E-state index in [4.69, 9.17) is 4.42 Å². The van der Waals surface area contributed by atoms with Crippen molar-refractivity contribution >= 4 is 11.8 Å². The Balaban J connectivity index is 1.47. The van der Waals surface area contributed by atoms with Gasteiger partial charge in [0.15, 0.2) is 0 Å². The number of aryl methyl sites for hydroxylation is 2. The van der Waals surface area contributed by atoms with Gasteiger partial charge < -0.3 is 14.2 Å². The van der Waals surface area contributed by atoms with Crippen LogP contribution in [0.4, 0.5) is 0 Å². The van der Waals surface area contributed by atoms with Crippen LogP contribution in [0.25, 0.3) is 0 Å². The van der Waals surface area contributed by atoms with Crippen molar-refractivity contribution in [2.24, 2.45) is 5.92 Å². The maximum Gasteiger partial charge on any atom is 0.257 e. The van der Waals surface area contributed by atoms with Crippen molar-refractivity contribution < 1.29 is 14.0 Å². The van der Waals surface area contributed by atoms with E-state index >= 15 is 0 Å². The van der Waals surface area contributed by atoms with Crippen LogP contribution in [-0.2, 0) is 4.79 Å². The number of nitrogens with zero attached hydrogens (tertiary/aromatic N) is 2. The van der Waals surface area contributed by atoms with Crippen LogP contribution in [0.5, 0.6) is 0 Å². The SMILES string of the molecule is Cc1cc(C(=O)N2CCN(C(=O)CCC3CCCC3)CC2)c(C)o1. The molecule has 0 radical (unpaired) electrons. The van der Waals surface area contributed by atoms with Crippen LogP contribution in [-0.4, -0.2) is 47.8 Å². The van der Waals surface area contributed by atoms with Crippen LogP contribution in [0.15, 0.2) is 10.5 Å². The molecule has 0 unspecified atom stereocenters. The van der Waals surface area contributed by atoms with Crippen molar-refractivity contribution in [3.63, 3.8) is 0 Å². The monoisotopic (exact) mass is 332 g/mol. The summed E-state index contributed by atoms with van der Waals surface area (Å²) < 4.78 is 5.45. The molecule has 2 aliphatic rings. The largest absolute Gasteiger partial charge is 0.466 e. The molecule has 0 bridgehead atoms. The van der Waals surface area contributed by atoms with E-state index in [0.29, 0.717) is 43.9 Å². The maximum atomic E-state index is 12.6. The first-order chi connectivity index (χ1) is 11.5. The second kappa shape index (κ2) is 7.41. The Labute approximate surface area is 144 Å². The van der Waals surface area contributed by atoms with Crippen molar-refractivity contribution in [2.45, 2.75) is 52.4 Å². The highest BCUT2D eigenvalue weighted by atomic mass is 16.3. The molecular weight excluding hydrogens is 304 g/mol. The fraction of sp³-hybridized carbons (Fsp3) is 0.684. The van der Waals surface area contributed by atoms with E-state index in [0.717, 1.165) is 18.1 Å².